The normalized spacial score (nSPS) is 16.8. The van der Waals surface area contributed by atoms with E-state index in [-0.39, 0.29) is 30.3 Å². The van der Waals surface area contributed by atoms with Gasteiger partial charge in [0.15, 0.2) is 0 Å². The molecule has 6 rings (SSSR count). The van der Waals surface area contributed by atoms with E-state index >= 15 is 0 Å². The molecule has 2 aliphatic rings. The van der Waals surface area contributed by atoms with E-state index in [2.05, 4.69) is 19.5 Å². The first-order valence-electron chi connectivity index (χ1n) is 14.8. The molecule has 2 aliphatic heterocycles. The van der Waals surface area contributed by atoms with Gasteiger partial charge >= 0.3 is 18.2 Å². The second kappa shape index (κ2) is 13.6. The van der Waals surface area contributed by atoms with Gasteiger partial charge in [-0.15, -0.1) is 13.2 Å². The van der Waals surface area contributed by atoms with Crippen molar-refractivity contribution in [3.8, 4) is 23.3 Å². The monoisotopic (exact) mass is 639 g/mol. The molecule has 3 aromatic carbocycles. The van der Waals surface area contributed by atoms with Gasteiger partial charge in [-0.25, -0.2) is 0 Å². The number of halogens is 3. The molecule has 0 saturated carbocycles. The van der Waals surface area contributed by atoms with Crippen molar-refractivity contribution in [1.29, 1.82) is 0 Å². The van der Waals surface area contributed by atoms with E-state index < -0.39 is 11.3 Å². The van der Waals surface area contributed by atoms with Crippen LogP contribution in [0.5, 0.6) is 23.3 Å². The lowest BCUT2D eigenvalue weighted by Crippen LogP contribution is -2.45. The van der Waals surface area contributed by atoms with Gasteiger partial charge in [-0.05, 0) is 64.6 Å². The summed E-state index contributed by atoms with van der Waals surface area (Å²) >= 11 is 0. The highest BCUT2D eigenvalue weighted by atomic mass is 19.4. The fourth-order valence-electron chi connectivity index (χ4n) is 5.35. The van der Waals surface area contributed by atoms with E-state index in [0.717, 1.165) is 49.7 Å². The summed E-state index contributed by atoms with van der Waals surface area (Å²) in [6.07, 6.45) is -2.89. The number of benzene rings is 3. The van der Waals surface area contributed by atoms with Crippen molar-refractivity contribution in [3.63, 3.8) is 0 Å². The molecule has 0 bridgehead atoms. The summed E-state index contributed by atoms with van der Waals surface area (Å²) in [5, 5.41) is 11.0. The Kier molecular flexibility index (Phi) is 9.15. The van der Waals surface area contributed by atoms with Crippen LogP contribution in [0.4, 0.5) is 24.7 Å². The number of aryl methyl sites for hydroxylation is 1. The van der Waals surface area contributed by atoms with Crippen LogP contribution in [0.3, 0.4) is 0 Å². The minimum atomic E-state index is -4.71. The van der Waals surface area contributed by atoms with Gasteiger partial charge in [0.2, 0.25) is 0 Å². The number of anilines is 1. The number of rotatable bonds is 11. The molecule has 46 heavy (non-hydrogen) atoms. The summed E-state index contributed by atoms with van der Waals surface area (Å²) in [6.45, 7) is 5.57. The fraction of sp³-hybridized carbons (Fsp3) is 0.344. The Morgan fingerprint density at radius 2 is 1.48 bits per heavy atom. The smallest absolute Gasteiger partial charge is 0.490 e. The van der Waals surface area contributed by atoms with E-state index in [4.69, 9.17) is 14.2 Å². The van der Waals surface area contributed by atoms with Crippen LogP contribution < -0.4 is 23.8 Å². The van der Waals surface area contributed by atoms with Gasteiger partial charge in [-0.2, -0.15) is 0 Å². The van der Waals surface area contributed by atoms with Crippen LogP contribution in [0.1, 0.15) is 17.5 Å². The molecule has 1 atom stereocenters. The molecule has 0 aliphatic carbocycles. The first-order valence-corrected chi connectivity index (χ1v) is 14.8. The molecule has 1 aromatic heterocycles. The minimum Gasteiger partial charge on any atom is -0.490 e. The third-order valence-electron chi connectivity index (χ3n) is 7.78. The van der Waals surface area contributed by atoms with Crippen molar-refractivity contribution in [2.45, 2.75) is 38.6 Å². The Morgan fingerprint density at radius 1 is 0.848 bits per heavy atom. The van der Waals surface area contributed by atoms with Gasteiger partial charge in [0.25, 0.3) is 0 Å². The number of fused-ring (bicyclic) bond motifs is 1. The molecule has 1 fully saturated rings. The number of piperazine rings is 1. The average Bonchev–Trinajstić information content (AvgIpc) is 3.48. The van der Waals surface area contributed by atoms with Gasteiger partial charge in [0.05, 0.1) is 0 Å². The lowest BCUT2D eigenvalue weighted by Gasteiger charge is -2.36. The topological polar surface area (TPSA) is 104 Å². The zero-order valence-electron chi connectivity index (χ0n) is 24.8. The molecular formula is C32H32F3N5O6. The molecule has 4 aromatic rings. The molecule has 0 amide bonds. The number of imidazole rings is 1. The molecule has 0 spiro atoms. The number of nitrogens with zero attached hydrogens (tertiary/aromatic N) is 5. The summed E-state index contributed by atoms with van der Waals surface area (Å²) in [7, 11) is 0. The van der Waals surface area contributed by atoms with Crippen LogP contribution in [0.15, 0.2) is 79.0 Å². The van der Waals surface area contributed by atoms with E-state index in [0.29, 0.717) is 25.3 Å². The average molecular weight is 640 g/mol. The second-order valence-electron chi connectivity index (χ2n) is 11.1. The van der Waals surface area contributed by atoms with Gasteiger partial charge < -0.3 is 34.0 Å². The standard InChI is InChI=1S/C32H32F3N5O6/c33-32(34,35)46-28-9-3-24(4-10-28)21-43-26-7-1-23(2-8-26)19-37-15-17-38(18-16-37)25-5-11-27(12-6-25)44-22-29-13-14-39-20-30(40(41)42)36-31(39)45-29/h1-12,20,29H,13-19,21-22H2/t29-/m1/s1. The van der Waals surface area contributed by atoms with Crippen molar-refractivity contribution < 1.29 is 37.0 Å². The van der Waals surface area contributed by atoms with Crippen molar-refractivity contribution in [3.05, 3.63) is 100 Å². The number of hydrogen-bond donors (Lipinski definition) is 0. The Bertz CT molecular complexity index is 1610. The third-order valence-corrected chi connectivity index (χ3v) is 7.78. The van der Waals surface area contributed by atoms with Crippen LogP contribution in [0.25, 0.3) is 0 Å². The molecule has 11 nitrogen and oxygen atoms in total. The Hall–Kier alpha value is -4.98. The summed E-state index contributed by atoms with van der Waals surface area (Å²) in [5.41, 5.74) is 3.03. The third kappa shape index (κ3) is 8.18. The zero-order valence-corrected chi connectivity index (χ0v) is 24.8. The lowest BCUT2D eigenvalue weighted by molar-refractivity contribution is -0.389. The van der Waals surface area contributed by atoms with Crippen molar-refractivity contribution in [2.24, 2.45) is 0 Å². The van der Waals surface area contributed by atoms with Gasteiger partial charge in [-0.1, -0.05) is 24.3 Å². The number of alkyl halides is 3. The lowest BCUT2D eigenvalue weighted by atomic mass is 10.1. The van der Waals surface area contributed by atoms with E-state index in [1.54, 1.807) is 16.7 Å². The van der Waals surface area contributed by atoms with Gasteiger partial charge in [-0.3, -0.25) is 9.47 Å². The maximum atomic E-state index is 12.3. The SMILES string of the molecule is O=[N+]([O-])c1cn2c(n1)O[C@@H](COc1ccc(N3CCN(Cc4ccc(OCc5ccc(OC(F)(F)F)cc5)cc4)CC3)cc1)CC2. The molecule has 0 N–H and O–H groups in total. The number of hydrogen-bond acceptors (Lipinski definition) is 9. The van der Waals surface area contributed by atoms with E-state index in [1.807, 2.05) is 48.5 Å². The zero-order chi connectivity index (χ0) is 32.1. The first-order chi connectivity index (χ1) is 22.2. The largest absolute Gasteiger partial charge is 0.573 e. The van der Waals surface area contributed by atoms with Gasteiger partial charge in [0.1, 0.15) is 42.8 Å². The highest BCUT2D eigenvalue weighted by molar-refractivity contribution is 5.49. The van der Waals surface area contributed by atoms with Crippen molar-refractivity contribution in [2.75, 3.05) is 37.7 Å². The van der Waals surface area contributed by atoms with Crippen molar-refractivity contribution in [1.82, 2.24) is 14.5 Å². The molecule has 14 heteroatoms. The predicted molar refractivity (Wildman–Crippen MR) is 161 cm³/mol. The molecule has 242 valence electrons. The van der Waals surface area contributed by atoms with Crippen LogP contribution >= 0.6 is 0 Å². The molecule has 0 radical (unpaired) electrons. The maximum absolute atomic E-state index is 12.3. The van der Waals surface area contributed by atoms with Crippen LogP contribution in [0, 0.1) is 10.1 Å². The highest BCUT2D eigenvalue weighted by Gasteiger charge is 2.31. The van der Waals surface area contributed by atoms with Crippen LogP contribution in [0.2, 0.25) is 0 Å². The molecule has 0 unspecified atom stereocenters. The summed E-state index contributed by atoms with van der Waals surface area (Å²) in [5.74, 6) is 0.926. The molecule has 3 heterocycles. The fourth-order valence-corrected chi connectivity index (χ4v) is 5.35. The predicted octanol–water partition coefficient (Wildman–Crippen LogP) is 5.82. The summed E-state index contributed by atoms with van der Waals surface area (Å²) in [6, 6.07) is 21.7. The van der Waals surface area contributed by atoms with E-state index in [9.17, 15) is 23.3 Å². The van der Waals surface area contributed by atoms with Gasteiger partial charge in [0, 0.05) is 56.4 Å². The second-order valence-corrected chi connectivity index (χ2v) is 11.1. The Labute approximate surface area is 262 Å². The highest BCUT2D eigenvalue weighted by Crippen LogP contribution is 2.27. The quantitative estimate of drug-likeness (QED) is 0.148. The molecule has 1 saturated heterocycles. The summed E-state index contributed by atoms with van der Waals surface area (Å²) in [4.78, 5) is 19.1. The number of aromatic nitrogens is 2. The van der Waals surface area contributed by atoms with Crippen molar-refractivity contribution >= 4 is 11.5 Å². The number of nitro groups is 1. The summed E-state index contributed by atoms with van der Waals surface area (Å²) < 4.78 is 60.0. The minimum absolute atomic E-state index is 0.221. The Morgan fingerprint density at radius 3 is 2.15 bits per heavy atom. The molecular weight excluding hydrogens is 607 g/mol. The first kappa shape index (κ1) is 31.0. The number of ether oxygens (including phenoxy) is 4. The van der Waals surface area contributed by atoms with E-state index in [1.165, 1.54) is 23.9 Å². The maximum Gasteiger partial charge on any atom is 0.573 e. The van der Waals surface area contributed by atoms with Crippen LogP contribution in [-0.4, -0.2) is 64.6 Å². The Balaban J connectivity index is 0.906. The van der Waals surface area contributed by atoms with Crippen LogP contribution in [-0.2, 0) is 19.7 Å².